The summed E-state index contributed by atoms with van der Waals surface area (Å²) in [6, 6.07) is 2.80. The summed E-state index contributed by atoms with van der Waals surface area (Å²) >= 11 is 5.27. The van der Waals surface area contributed by atoms with Gasteiger partial charge < -0.3 is 14.5 Å². The molecule has 102 valence electrons. The molecule has 0 amide bonds. The Kier molecular flexibility index (Phi) is 3.14. The van der Waals surface area contributed by atoms with E-state index in [2.05, 4.69) is 16.9 Å². The van der Waals surface area contributed by atoms with Crippen LogP contribution in [-0.4, -0.2) is 34.6 Å². The monoisotopic (exact) mass is 283 g/mol. The predicted octanol–water partition coefficient (Wildman–Crippen LogP) is 3.24. The molecular weight excluding hydrogens is 268 g/mol. The van der Waals surface area contributed by atoms with Crippen LogP contribution in [0.4, 0.5) is 8.78 Å². The third-order valence-corrected chi connectivity index (χ3v) is 4.12. The van der Waals surface area contributed by atoms with Gasteiger partial charge in [0.25, 0.3) is 0 Å². The number of aromatic amines is 1. The molecule has 1 N–H and O–H groups in total. The SMILES string of the molecule is CN1CCC(n2c(=S)[nH]c3ccc(F)c(F)c32)CC1. The number of hydrogen-bond donors (Lipinski definition) is 1. The highest BCUT2D eigenvalue weighted by atomic mass is 32.1. The Morgan fingerprint density at radius 1 is 1.26 bits per heavy atom. The van der Waals surface area contributed by atoms with E-state index in [1.165, 1.54) is 6.07 Å². The molecule has 0 bridgehead atoms. The Morgan fingerprint density at radius 3 is 2.63 bits per heavy atom. The topological polar surface area (TPSA) is 24.0 Å². The van der Waals surface area contributed by atoms with Crippen molar-refractivity contribution in [1.29, 1.82) is 0 Å². The molecule has 0 atom stereocenters. The Hall–Kier alpha value is -1.27. The fourth-order valence-corrected chi connectivity index (χ4v) is 3.11. The third kappa shape index (κ3) is 2.08. The second kappa shape index (κ2) is 4.68. The Balaban J connectivity index is 2.15. The second-order valence-corrected chi connectivity index (χ2v) is 5.48. The first-order chi connectivity index (χ1) is 9.08. The predicted molar refractivity (Wildman–Crippen MR) is 72.8 cm³/mol. The molecule has 19 heavy (non-hydrogen) atoms. The first-order valence-electron chi connectivity index (χ1n) is 6.34. The molecule has 0 saturated carbocycles. The summed E-state index contributed by atoms with van der Waals surface area (Å²) in [5.74, 6) is -1.65. The van der Waals surface area contributed by atoms with E-state index < -0.39 is 11.6 Å². The maximum absolute atomic E-state index is 14.0. The number of likely N-dealkylation sites (tertiary alicyclic amines) is 1. The lowest BCUT2D eigenvalue weighted by Crippen LogP contribution is -2.31. The maximum Gasteiger partial charge on any atom is 0.184 e. The summed E-state index contributed by atoms with van der Waals surface area (Å²) < 4.78 is 29.7. The van der Waals surface area contributed by atoms with E-state index in [0.717, 1.165) is 32.0 Å². The number of H-pyrrole nitrogens is 1. The summed E-state index contributed by atoms with van der Waals surface area (Å²) in [5, 5.41) is 0. The molecule has 1 fully saturated rings. The van der Waals surface area contributed by atoms with Gasteiger partial charge in [0, 0.05) is 6.04 Å². The Labute approximate surface area is 114 Å². The van der Waals surface area contributed by atoms with E-state index in [1.807, 2.05) is 0 Å². The highest BCUT2D eigenvalue weighted by molar-refractivity contribution is 7.71. The Morgan fingerprint density at radius 2 is 1.95 bits per heavy atom. The molecule has 1 aromatic heterocycles. The molecule has 1 aliphatic rings. The number of aromatic nitrogens is 2. The fraction of sp³-hybridized carbons (Fsp3) is 0.462. The summed E-state index contributed by atoms with van der Waals surface area (Å²) in [4.78, 5) is 5.19. The molecule has 2 heterocycles. The van der Waals surface area contributed by atoms with E-state index in [1.54, 1.807) is 4.57 Å². The van der Waals surface area contributed by atoms with E-state index in [9.17, 15) is 8.78 Å². The van der Waals surface area contributed by atoms with Gasteiger partial charge in [0.2, 0.25) is 0 Å². The maximum atomic E-state index is 14.0. The van der Waals surface area contributed by atoms with Crippen molar-refractivity contribution in [3.63, 3.8) is 0 Å². The highest BCUT2D eigenvalue weighted by Gasteiger charge is 2.23. The normalized spacial score (nSPS) is 18.3. The first kappa shape index (κ1) is 12.7. The second-order valence-electron chi connectivity index (χ2n) is 5.09. The van der Waals surface area contributed by atoms with E-state index in [0.29, 0.717) is 10.3 Å². The van der Waals surface area contributed by atoms with E-state index in [-0.39, 0.29) is 11.6 Å². The average Bonchev–Trinajstić information content (AvgIpc) is 2.72. The number of nitrogens with zero attached hydrogens (tertiary/aromatic N) is 2. The third-order valence-electron chi connectivity index (χ3n) is 3.82. The van der Waals surface area contributed by atoms with Crippen molar-refractivity contribution < 1.29 is 8.78 Å². The molecule has 6 heteroatoms. The van der Waals surface area contributed by atoms with E-state index in [4.69, 9.17) is 12.2 Å². The van der Waals surface area contributed by atoms with E-state index >= 15 is 0 Å². The largest absolute Gasteiger partial charge is 0.330 e. The number of piperidine rings is 1. The van der Waals surface area contributed by atoms with Crippen LogP contribution in [0.2, 0.25) is 0 Å². The van der Waals surface area contributed by atoms with Crippen LogP contribution in [0.25, 0.3) is 11.0 Å². The number of halogens is 2. The highest BCUT2D eigenvalue weighted by Crippen LogP contribution is 2.29. The molecule has 1 saturated heterocycles. The van der Waals surface area contributed by atoms with Gasteiger partial charge in [-0.15, -0.1) is 0 Å². The fourth-order valence-electron chi connectivity index (χ4n) is 2.75. The van der Waals surface area contributed by atoms with Gasteiger partial charge in [-0.05, 0) is 57.3 Å². The molecule has 1 aliphatic heterocycles. The zero-order valence-corrected chi connectivity index (χ0v) is 11.4. The van der Waals surface area contributed by atoms with Gasteiger partial charge in [0.1, 0.15) is 5.52 Å². The van der Waals surface area contributed by atoms with Gasteiger partial charge in [-0.2, -0.15) is 0 Å². The number of fused-ring (bicyclic) bond motifs is 1. The number of rotatable bonds is 1. The standard InChI is InChI=1S/C13H15F2N3S/c1-17-6-4-8(5-7-17)18-12-10(16-13(18)19)3-2-9(14)11(12)15/h2-3,8H,4-7H2,1H3,(H,16,19). The van der Waals surface area contributed by atoms with Gasteiger partial charge in [0.05, 0.1) is 5.52 Å². The minimum Gasteiger partial charge on any atom is -0.330 e. The van der Waals surface area contributed by atoms with Crippen LogP contribution >= 0.6 is 12.2 Å². The van der Waals surface area contributed by atoms with Gasteiger partial charge in [-0.1, -0.05) is 0 Å². The summed E-state index contributed by atoms with van der Waals surface area (Å²) in [5.41, 5.74) is 0.822. The van der Waals surface area contributed by atoms with Crippen LogP contribution < -0.4 is 0 Å². The van der Waals surface area contributed by atoms with Crippen molar-refractivity contribution in [2.75, 3.05) is 20.1 Å². The number of imidazole rings is 1. The zero-order valence-electron chi connectivity index (χ0n) is 10.6. The average molecular weight is 283 g/mol. The quantitative estimate of drug-likeness (QED) is 0.812. The molecule has 1 aromatic carbocycles. The molecular formula is C13H15F2N3S. The molecule has 0 spiro atoms. The van der Waals surface area contributed by atoms with Crippen molar-refractivity contribution in [1.82, 2.24) is 14.5 Å². The number of hydrogen-bond acceptors (Lipinski definition) is 2. The lowest BCUT2D eigenvalue weighted by atomic mass is 10.1. The minimum absolute atomic E-state index is 0.133. The number of benzene rings is 1. The lowest BCUT2D eigenvalue weighted by molar-refractivity contribution is 0.222. The number of nitrogens with one attached hydrogen (secondary N) is 1. The van der Waals surface area contributed by atoms with Crippen molar-refractivity contribution in [3.8, 4) is 0 Å². The molecule has 3 rings (SSSR count). The van der Waals surface area contributed by atoms with Crippen LogP contribution in [0, 0.1) is 16.4 Å². The Bertz CT molecular complexity index is 668. The van der Waals surface area contributed by atoms with Crippen molar-refractivity contribution in [2.45, 2.75) is 18.9 Å². The molecule has 3 nitrogen and oxygen atoms in total. The van der Waals surface area contributed by atoms with Crippen LogP contribution in [0.15, 0.2) is 12.1 Å². The van der Waals surface area contributed by atoms with Gasteiger partial charge >= 0.3 is 0 Å². The minimum atomic E-state index is -0.830. The molecule has 0 unspecified atom stereocenters. The van der Waals surface area contributed by atoms with Crippen LogP contribution in [0.3, 0.4) is 0 Å². The van der Waals surface area contributed by atoms with Crippen molar-refractivity contribution in [3.05, 3.63) is 28.5 Å². The molecule has 0 radical (unpaired) electrons. The van der Waals surface area contributed by atoms with Crippen LogP contribution in [0.5, 0.6) is 0 Å². The van der Waals surface area contributed by atoms with Crippen LogP contribution in [-0.2, 0) is 0 Å². The zero-order chi connectivity index (χ0) is 13.6. The van der Waals surface area contributed by atoms with Crippen molar-refractivity contribution in [2.24, 2.45) is 0 Å². The smallest absolute Gasteiger partial charge is 0.184 e. The lowest BCUT2D eigenvalue weighted by Gasteiger charge is -2.30. The first-order valence-corrected chi connectivity index (χ1v) is 6.75. The van der Waals surface area contributed by atoms with Crippen LogP contribution in [0.1, 0.15) is 18.9 Å². The van der Waals surface area contributed by atoms with Gasteiger partial charge in [0.15, 0.2) is 16.4 Å². The van der Waals surface area contributed by atoms with Gasteiger partial charge in [-0.25, -0.2) is 8.78 Å². The summed E-state index contributed by atoms with van der Waals surface area (Å²) in [7, 11) is 2.06. The van der Waals surface area contributed by atoms with Gasteiger partial charge in [-0.3, -0.25) is 0 Å². The molecule has 0 aliphatic carbocycles. The van der Waals surface area contributed by atoms with Crippen molar-refractivity contribution >= 4 is 23.3 Å². The summed E-state index contributed by atoms with van der Waals surface area (Å²) in [6.07, 6.45) is 1.79. The molecule has 2 aromatic rings. The summed E-state index contributed by atoms with van der Waals surface area (Å²) in [6.45, 7) is 1.88.